The average Bonchev–Trinajstić information content (AvgIpc) is 3.25. The molecule has 2 aromatic heterocycles. The molecule has 3 heterocycles. The highest BCUT2D eigenvalue weighted by Gasteiger charge is 2.32. The fraction of sp³-hybridized carbons (Fsp3) is 0.412. The van der Waals surface area contributed by atoms with E-state index in [1.165, 1.54) is 23.0 Å². The maximum atomic E-state index is 4.58. The monoisotopic (exact) mass is 308 g/mol. The first-order valence-corrected chi connectivity index (χ1v) is 8.24. The summed E-state index contributed by atoms with van der Waals surface area (Å²) < 4.78 is 1.51. The van der Waals surface area contributed by atoms with Gasteiger partial charge in [-0.15, -0.1) is 14.8 Å². The Morgan fingerprint density at radius 3 is 2.87 bits per heavy atom. The molecule has 1 fully saturated rings. The summed E-state index contributed by atoms with van der Waals surface area (Å²) in [5.41, 5.74) is 2.09. The molecule has 0 spiro atoms. The highest BCUT2D eigenvalue weighted by atomic mass is 15.6. The predicted octanol–water partition coefficient (Wildman–Crippen LogP) is 2.68. The van der Waals surface area contributed by atoms with Gasteiger partial charge in [0.2, 0.25) is 0 Å². The quantitative estimate of drug-likeness (QED) is 0.741. The lowest BCUT2D eigenvalue weighted by atomic mass is 9.87. The molecule has 6 heteroatoms. The molecule has 0 radical (unpaired) electrons. The molecule has 0 aliphatic carbocycles. The summed E-state index contributed by atoms with van der Waals surface area (Å²) in [5, 5.41) is 16.1. The van der Waals surface area contributed by atoms with E-state index in [-0.39, 0.29) is 0 Å². The van der Waals surface area contributed by atoms with Crippen LogP contribution in [0.4, 0.5) is 5.82 Å². The number of aromatic nitrogens is 5. The van der Waals surface area contributed by atoms with Crippen molar-refractivity contribution < 1.29 is 0 Å². The zero-order valence-electron chi connectivity index (χ0n) is 13.2. The van der Waals surface area contributed by atoms with Crippen molar-refractivity contribution in [2.75, 3.05) is 11.4 Å². The van der Waals surface area contributed by atoms with Gasteiger partial charge < -0.3 is 4.90 Å². The molecule has 2 atom stereocenters. The molecule has 1 aromatic carbocycles. The smallest absolute Gasteiger partial charge is 0.200 e. The molecule has 1 aliphatic rings. The second kappa shape index (κ2) is 5.95. The van der Waals surface area contributed by atoms with E-state index < -0.39 is 0 Å². The fourth-order valence-corrected chi connectivity index (χ4v) is 3.72. The molecule has 0 bridgehead atoms. The zero-order valence-corrected chi connectivity index (χ0v) is 13.2. The van der Waals surface area contributed by atoms with Crippen molar-refractivity contribution >= 4 is 11.5 Å². The molecule has 1 saturated heterocycles. The van der Waals surface area contributed by atoms with Crippen LogP contribution < -0.4 is 4.90 Å². The van der Waals surface area contributed by atoms with Crippen LogP contribution in [0.3, 0.4) is 0 Å². The number of nitrogens with zero attached hydrogens (tertiary/aromatic N) is 6. The third kappa shape index (κ3) is 2.54. The summed E-state index contributed by atoms with van der Waals surface area (Å²) in [4.78, 5) is 2.42. The number of anilines is 1. The molecule has 0 N–H and O–H groups in total. The van der Waals surface area contributed by atoms with Crippen LogP contribution in [0.5, 0.6) is 0 Å². The number of hydrogen-bond donors (Lipinski definition) is 0. The maximum Gasteiger partial charge on any atom is 0.200 e. The lowest BCUT2D eigenvalue weighted by Gasteiger charge is -2.32. The summed E-state index contributed by atoms with van der Waals surface area (Å²) in [7, 11) is 0. The predicted molar refractivity (Wildman–Crippen MR) is 88.4 cm³/mol. The van der Waals surface area contributed by atoms with Crippen LogP contribution in [-0.2, 0) is 0 Å². The Labute approximate surface area is 135 Å². The Morgan fingerprint density at radius 2 is 2.04 bits per heavy atom. The van der Waals surface area contributed by atoms with Crippen LogP contribution in [0.15, 0.2) is 42.5 Å². The Balaban J connectivity index is 1.67. The first kappa shape index (κ1) is 14.1. The highest BCUT2D eigenvalue weighted by molar-refractivity contribution is 5.47. The van der Waals surface area contributed by atoms with Gasteiger partial charge in [0, 0.05) is 18.5 Å². The van der Waals surface area contributed by atoms with E-state index in [1.807, 2.05) is 12.1 Å². The number of benzene rings is 1. The molecule has 1 aliphatic heterocycles. The van der Waals surface area contributed by atoms with Crippen molar-refractivity contribution in [3.63, 3.8) is 0 Å². The van der Waals surface area contributed by atoms with Gasteiger partial charge in [-0.1, -0.05) is 37.3 Å². The topological polar surface area (TPSA) is 59.2 Å². The number of tetrazole rings is 1. The fourth-order valence-electron chi connectivity index (χ4n) is 3.72. The third-order valence-electron chi connectivity index (χ3n) is 4.78. The molecule has 2 unspecified atom stereocenters. The van der Waals surface area contributed by atoms with Crippen LogP contribution in [0.2, 0.25) is 0 Å². The standard InChI is InChI=1S/C17H20N6/c1-2-14(13-7-4-3-5-8-13)15-9-6-12-22(15)17-11-10-16-18-20-21-23(16)19-17/h3-5,7-8,10-11,14-15H,2,6,9,12H2,1H3. The van der Waals surface area contributed by atoms with Crippen molar-refractivity contribution in [3.05, 3.63) is 48.0 Å². The van der Waals surface area contributed by atoms with Crippen LogP contribution >= 0.6 is 0 Å². The molecule has 0 amide bonds. The highest BCUT2D eigenvalue weighted by Crippen LogP contribution is 2.35. The second-order valence-electron chi connectivity index (χ2n) is 6.05. The van der Waals surface area contributed by atoms with Gasteiger partial charge in [0.15, 0.2) is 11.5 Å². The van der Waals surface area contributed by atoms with Gasteiger partial charge in [-0.3, -0.25) is 0 Å². The van der Waals surface area contributed by atoms with E-state index in [2.05, 4.69) is 62.8 Å². The third-order valence-corrected chi connectivity index (χ3v) is 4.78. The molecule has 0 saturated carbocycles. The Hall–Kier alpha value is -2.50. The van der Waals surface area contributed by atoms with Crippen LogP contribution in [0.1, 0.15) is 37.7 Å². The molecular formula is C17H20N6. The minimum atomic E-state index is 0.476. The van der Waals surface area contributed by atoms with Crippen molar-refractivity contribution in [3.8, 4) is 0 Å². The number of fused-ring (bicyclic) bond motifs is 1. The van der Waals surface area contributed by atoms with E-state index in [0.717, 1.165) is 18.8 Å². The number of rotatable bonds is 4. The van der Waals surface area contributed by atoms with Gasteiger partial charge in [0.25, 0.3) is 0 Å². The minimum Gasteiger partial charge on any atom is -0.352 e. The van der Waals surface area contributed by atoms with Gasteiger partial charge in [-0.05, 0) is 47.4 Å². The van der Waals surface area contributed by atoms with Crippen LogP contribution in [0, 0.1) is 0 Å². The molecule has 4 rings (SSSR count). The maximum absolute atomic E-state index is 4.58. The summed E-state index contributed by atoms with van der Waals surface area (Å²) in [5.74, 6) is 1.48. The van der Waals surface area contributed by atoms with Gasteiger partial charge >= 0.3 is 0 Å². The van der Waals surface area contributed by atoms with Crippen molar-refractivity contribution in [2.24, 2.45) is 0 Å². The van der Waals surface area contributed by atoms with Gasteiger partial charge in [-0.25, -0.2) is 0 Å². The lowest BCUT2D eigenvalue weighted by molar-refractivity contribution is 0.511. The zero-order chi connectivity index (χ0) is 15.6. The normalized spacial score (nSPS) is 19.3. The Bertz CT molecular complexity index is 784. The molecule has 3 aromatic rings. The number of hydrogen-bond acceptors (Lipinski definition) is 5. The van der Waals surface area contributed by atoms with Gasteiger partial charge in [0.05, 0.1) is 0 Å². The van der Waals surface area contributed by atoms with E-state index >= 15 is 0 Å². The minimum absolute atomic E-state index is 0.476. The van der Waals surface area contributed by atoms with Crippen molar-refractivity contribution in [1.29, 1.82) is 0 Å². The second-order valence-corrected chi connectivity index (χ2v) is 6.05. The molecule has 23 heavy (non-hydrogen) atoms. The molecular weight excluding hydrogens is 288 g/mol. The van der Waals surface area contributed by atoms with Gasteiger partial charge in [-0.2, -0.15) is 0 Å². The summed E-state index contributed by atoms with van der Waals surface area (Å²) >= 11 is 0. The largest absolute Gasteiger partial charge is 0.352 e. The molecule has 6 nitrogen and oxygen atoms in total. The van der Waals surface area contributed by atoms with Crippen molar-refractivity contribution in [2.45, 2.75) is 38.1 Å². The first-order valence-electron chi connectivity index (χ1n) is 8.24. The summed E-state index contributed by atoms with van der Waals surface area (Å²) in [6, 6.07) is 15.2. The Morgan fingerprint density at radius 1 is 1.17 bits per heavy atom. The van der Waals surface area contributed by atoms with E-state index in [1.54, 1.807) is 0 Å². The van der Waals surface area contributed by atoms with Gasteiger partial charge in [0.1, 0.15) is 0 Å². The van der Waals surface area contributed by atoms with E-state index in [4.69, 9.17) is 0 Å². The summed E-state index contributed by atoms with van der Waals surface area (Å²) in [6.07, 6.45) is 3.52. The van der Waals surface area contributed by atoms with Crippen molar-refractivity contribution in [1.82, 2.24) is 25.3 Å². The average molecular weight is 308 g/mol. The molecule has 118 valence electrons. The van der Waals surface area contributed by atoms with Crippen LogP contribution in [-0.4, -0.2) is 37.8 Å². The van der Waals surface area contributed by atoms with E-state index in [9.17, 15) is 0 Å². The summed E-state index contributed by atoms with van der Waals surface area (Å²) in [6.45, 7) is 3.31. The Kier molecular flexibility index (Phi) is 3.65. The first-order chi connectivity index (χ1) is 11.4. The van der Waals surface area contributed by atoms with Crippen LogP contribution in [0.25, 0.3) is 5.65 Å². The lowest BCUT2D eigenvalue weighted by Crippen LogP contribution is -2.35. The van der Waals surface area contributed by atoms with E-state index in [0.29, 0.717) is 17.6 Å². The SMILES string of the molecule is CCC(c1ccccc1)C1CCCN1c1ccc2nnnn2n1.